The Morgan fingerprint density at radius 2 is 2.07 bits per heavy atom. The predicted molar refractivity (Wildman–Crippen MR) is 58.1 cm³/mol. The van der Waals surface area contributed by atoms with E-state index >= 15 is 0 Å². The first kappa shape index (κ1) is 10.7. The third kappa shape index (κ3) is 2.54. The summed E-state index contributed by atoms with van der Waals surface area (Å²) in [4.78, 5) is 11.8. The molecule has 1 rings (SSSR count). The van der Waals surface area contributed by atoms with E-state index < -0.39 is 0 Å². The van der Waals surface area contributed by atoms with Crippen LogP contribution in [-0.2, 0) is 0 Å². The molecule has 14 heavy (non-hydrogen) atoms. The Balaban J connectivity index is 2.78. The second-order valence-corrected chi connectivity index (χ2v) is 3.19. The fourth-order valence-corrected chi connectivity index (χ4v) is 1.35. The Bertz CT molecular complexity index is 305. The van der Waals surface area contributed by atoms with Gasteiger partial charge in [0.1, 0.15) is 0 Å². The highest BCUT2D eigenvalue weighted by Gasteiger charge is 2.16. The molecule has 0 aliphatic rings. The van der Waals surface area contributed by atoms with Crippen molar-refractivity contribution in [3.63, 3.8) is 0 Å². The summed E-state index contributed by atoms with van der Waals surface area (Å²) < 4.78 is 0. The Morgan fingerprint density at radius 3 is 2.57 bits per heavy atom. The van der Waals surface area contributed by atoms with Crippen molar-refractivity contribution in [3.8, 4) is 0 Å². The minimum Gasteiger partial charge on any atom is -0.330 e. The summed E-state index contributed by atoms with van der Waals surface area (Å²) in [6, 6.07) is 9.23. The number of benzene rings is 1. The van der Waals surface area contributed by atoms with E-state index in [0.29, 0.717) is 13.0 Å². The molecule has 0 saturated heterocycles. The number of rotatable bonds is 5. The average molecular weight is 189 g/mol. The summed E-state index contributed by atoms with van der Waals surface area (Å²) in [5.41, 5.74) is 6.26. The lowest BCUT2D eigenvalue weighted by molar-refractivity contribution is 0.0925. The molecule has 1 aromatic carbocycles. The first-order chi connectivity index (χ1) is 6.79. The predicted octanol–water partition coefficient (Wildman–Crippen LogP) is 2.02. The maximum absolute atomic E-state index is 11.8. The van der Waals surface area contributed by atoms with Crippen LogP contribution in [0.25, 0.3) is 0 Å². The molecule has 0 aliphatic carbocycles. The van der Waals surface area contributed by atoms with Crippen LogP contribution in [0.3, 0.4) is 0 Å². The van der Waals surface area contributed by atoms with E-state index in [1.54, 1.807) is 6.08 Å². The number of carbonyl (C=O) groups excluding carboxylic acids is 1. The van der Waals surface area contributed by atoms with E-state index in [2.05, 4.69) is 6.58 Å². The molecule has 74 valence electrons. The molecule has 2 nitrogen and oxygen atoms in total. The van der Waals surface area contributed by atoms with Gasteiger partial charge in [-0.2, -0.15) is 0 Å². The Hall–Kier alpha value is -1.41. The number of allylic oxidation sites excluding steroid dienone is 1. The lowest BCUT2D eigenvalue weighted by Crippen LogP contribution is -2.23. The summed E-state index contributed by atoms with van der Waals surface area (Å²) in [7, 11) is 0. The van der Waals surface area contributed by atoms with E-state index in [-0.39, 0.29) is 11.7 Å². The molecule has 0 saturated carbocycles. The number of hydrogen-bond donors (Lipinski definition) is 1. The molecule has 0 bridgehead atoms. The first-order valence-electron chi connectivity index (χ1n) is 4.69. The highest BCUT2D eigenvalue weighted by molar-refractivity contribution is 5.98. The Labute approximate surface area is 84.4 Å². The molecule has 0 heterocycles. The second-order valence-electron chi connectivity index (χ2n) is 3.19. The van der Waals surface area contributed by atoms with Gasteiger partial charge in [0.25, 0.3) is 0 Å². The van der Waals surface area contributed by atoms with Crippen molar-refractivity contribution < 1.29 is 4.79 Å². The number of nitrogens with two attached hydrogens (primary N) is 1. The van der Waals surface area contributed by atoms with Crippen LogP contribution in [0.5, 0.6) is 0 Å². The lowest BCUT2D eigenvalue weighted by Gasteiger charge is -2.10. The van der Waals surface area contributed by atoms with E-state index in [0.717, 1.165) is 5.56 Å². The third-order valence-corrected chi connectivity index (χ3v) is 2.16. The third-order valence-electron chi connectivity index (χ3n) is 2.16. The number of hydrogen-bond acceptors (Lipinski definition) is 2. The standard InChI is InChI=1S/C12H15NO/c1-2-6-11(9-13)12(14)10-7-4-3-5-8-10/h2-5,7-8,11H,1,6,9,13H2. The van der Waals surface area contributed by atoms with Crippen LogP contribution in [-0.4, -0.2) is 12.3 Å². The molecular formula is C12H15NO. The van der Waals surface area contributed by atoms with E-state index in [9.17, 15) is 4.79 Å². The van der Waals surface area contributed by atoms with E-state index in [1.165, 1.54) is 0 Å². The normalized spacial score (nSPS) is 12.1. The minimum absolute atomic E-state index is 0.105. The fraction of sp³-hybridized carbons (Fsp3) is 0.250. The Morgan fingerprint density at radius 1 is 1.43 bits per heavy atom. The summed E-state index contributed by atoms with van der Waals surface area (Å²) in [6.45, 7) is 3.99. The molecular weight excluding hydrogens is 174 g/mol. The molecule has 0 spiro atoms. The largest absolute Gasteiger partial charge is 0.330 e. The van der Waals surface area contributed by atoms with Crippen LogP contribution in [0.2, 0.25) is 0 Å². The maximum Gasteiger partial charge on any atom is 0.167 e. The minimum atomic E-state index is -0.130. The van der Waals surface area contributed by atoms with Crippen LogP contribution >= 0.6 is 0 Å². The van der Waals surface area contributed by atoms with Crippen molar-refractivity contribution in [2.75, 3.05) is 6.54 Å². The molecule has 0 amide bonds. The van der Waals surface area contributed by atoms with Crippen LogP contribution in [0.4, 0.5) is 0 Å². The van der Waals surface area contributed by atoms with E-state index in [4.69, 9.17) is 5.73 Å². The fourth-order valence-electron chi connectivity index (χ4n) is 1.35. The van der Waals surface area contributed by atoms with Gasteiger partial charge in [-0.05, 0) is 6.42 Å². The molecule has 2 heteroatoms. The monoisotopic (exact) mass is 189 g/mol. The number of carbonyl (C=O) groups is 1. The number of ketones is 1. The van der Waals surface area contributed by atoms with Gasteiger partial charge < -0.3 is 5.73 Å². The van der Waals surface area contributed by atoms with Gasteiger partial charge in [-0.25, -0.2) is 0 Å². The highest BCUT2D eigenvalue weighted by atomic mass is 16.1. The van der Waals surface area contributed by atoms with Gasteiger partial charge >= 0.3 is 0 Å². The van der Waals surface area contributed by atoms with Gasteiger partial charge in [0.2, 0.25) is 0 Å². The van der Waals surface area contributed by atoms with Gasteiger partial charge in [-0.1, -0.05) is 36.4 Å². The number of Topliss-reactive ketones (excluding diaryl/α,β-unsaturated/α-hetero) is 1. The van der Waals surface area contributed by atoms with Crippen LogP contribution in [0.1, 0.15) is 16.8 Å². The molecule has 0 aromatic heterocycles. The van der Waals surface area contributed by atoms with Crippen molar-refractivity contribution in [3.05, 3.63) is 48.6 Å². The summed E-state index contributed by atoms with van der Waals surface area (Å²) >= 11 is 0. The Kier molecular flexibility index (Phi) is 4.08. The zero-order valence-electron chi connectivity index (χ0n) is 8.15. The second kappa shape index (κ2) is 5.35. The smallest absolute Gasteiger partial charge is 0.167 e. The molecule has 0 fully saturated rings. The summed E-state index contributed by atoms with van der Waals surface area (Å²) in [5.74, 6) is -0.0251. The van der Waals surface area contributed by atoms with Crippen molar-refractivity contribution in [2.24, 2.45) is 11.7 Å². The SMILES string of the molecule is C=CCC(CN)C(=O)c1ccccc1. The van der Waals surface area contributed by atoms with Crippen LogP contribution in [0, 0.1) is 5.92 Å². The molecule has 1 aromatic rings. The zero-order valence-corrected chi connectivity index (χ0v) is 8.15. The summed E-state index contributed by atoms with van der Waals surface area (Å²) in [6.07, 6.45) is 2.38. The highest BCUT2D eigenvalue weighted by Crippen LogP contribution is 2.11. The average Bonchev–Trinajstić information content (AvgIpc) is 2.26. The molecule has 0 aliphatic heterocycles. The zero-order chi connectivity index (χ0) is 10.4. The lowest BCUT2D eigenvalue weighted by atomic mass is 9.95. The van der Waals surface area contributed by atoms with Gasteiger partial charge in [0.15, 0.2) is 5.78 Å². The molecule has 1 atom stereocenters. The van der Waals surface area contributed by atoms with E-state index in [1.807, 2.05) is 30.3 Å². The van der Waals surface area contributed by atoms with Crippen molar-refractivity contribution >= 4 is 5.78 Å². The topological polar surface area (TPSA) is 43.1 Å². The first-order valence-corrected chi connectivity index (χ1v) is 4.69. The van der Waals surface area contributed by atoms with Crippen LogP contribution < -0.4 is 5.73 Å². The van der Waals surface area contributed by atoms with Crippen molar-refractivity contribution in [1.29, 1.82) is 0 Å². The quantitative estimate of drug-likeness (QED) is 0.569. The molecule has 1 unspecified atom stereocenters. The maximum atomic E-state index is 11.8. The van der Waals surface area contributed by atoms with Crippen LogP contribution in [0.15, 0.2) is 43.0 Å². The summed E-state index contributed by atoms with van der Waals surface area (Å²) in [5, 5.41) is 0. The van der Waals surface area contributed by atoms with Gasteiger partial charge in [-0.3, -0.25) is 4.79 Å². The van der Waals surface area contributed by atoms with Gasteiger partial charge in [0, 0.05) is 18.0 Å². The van der Waals surface area contributed by atoms with Gasteiger partial charge in [0.05, 0.1) is 0 Å². The van der Waals surface area contributed by atoms with Crippen molar-refractivity contribution in [2.45, 2.75) is 6.42 Å². The van der Waals surface area contributed by atoms with Crippen molar-refractivity contribution in [1.82, 2.24) is 0 Å². The molecule has 0 radical (unpaired) electrons. The molecule has 2 N–H and O–H groups in total. The van der Waals surface area contributed by atoms with Gasteiger partial charge in [-0.15, -0.1) is 6.58 Å².